The van der Waals surface area contributed by atoms with Gasteiger partial charge in [0.2, 0.25) is 11.2 Å². The molecule has 3 aromatic carbocycles. The summed E-state index contributed by atoms with van der Waals surface area (Å²) in [4.78, 5) is 25.4. The van der Waals surface area contributed by atoms with Gasteiger partial charge in [-0.15, -0.1) is 0 Å². The number of carbonyl (C=O) groups is 1. The average molecular weight is 505 g/mol. The van der Waals surface area contributed by atoms with Crippen molar-refractivity contribution in [3.63, 3.8) is 0 Å². The Bertz CT molecular complexity index is 1460. The lowest BCUT2D eigenvalue weighted by atomic mass is 10.2. The largest absolute Gasteiger partial charge is 0.490 e. The molecule has 0 N–H and O–H groups in total. The van der Waals surface area contributed by atoms with E-state index in [0.717, 1.165) is 6.07 Å². The van der Waals surface area contributed by atoms with Crippen molar-refractivity contribution in [3.05, 3.63) is 93.3 Å². The minimum absolute atomic E-state index is 0.0847. The highest BCUT2D eigenvalue weighted by Gasteiger charge is 2.40. The second kappa shape index (κ2) is 9.71. The highest BCUT2D eigenvalue weighted by Crippen LogP contribution is 2.40. The molecule has 0 saturated carbocycles. The van der Waals surface area contributed by atoms with Crippen molar-refractivity contribution in [3.8, 4) is 23.0 Å². The summed E-state index contributed by atoms with van der Waals surface area (Å²) in [5.74, 6) is -3.53. The number of hydrogen-bond acceptors (Lipinski definition) is 6. The van der Waals surface area contributed by atoms with Crippen LogP contribution in [0, 0.1) is 0 Å². The van der Waals surface area contributed by atoms with Crippen molar-refractivity contribution < 1.29 is 36.6 Å². The quantitative estimate of drug-likeness (QED) is 0.210. The summed E-state index contributed by atoms with van der Waals surface area (Å²) in [6, 6.07) is 15.4. The summed E-state index contributed by atoms with van der Waals surface area (Å²) in [6.45, 7) is 1.93. The summed E-state index contributed by atoms with van der Waals surface area (Å²) in [5.41, 5.74) is -1.37. The molecule has 10 heteroatoms. The van der Waals surface area contributed by atoms with Gasteiger partial charge in [0.25, 0.3) is 5.76 Å². The molecule has 0 radical (unpaired) electrons. The van der Waals surface area contributed by atoms with Crippen LogP contribution in [0.25, 0.3) is 11.0 Å². The Morgan fingerprint density at radius 3 is 2.43 bits per heavy atom. The van der Waals surface area contributed by atoms with E-state index in [0.29, 0.717) is 5.02 Å². The Hall–Kier alpha value is -3.98. The Morgan fingerprint density at radius 1 is 1.00 bits per heavy atom. The standard InChI is InChI=1S/C25H16ClF3O6/c1-2-32-18-8-3-4-9-19(18)34-22-21(30)17-11-10-16(13-20(17)35-23(22)25(27,28)29)33-24(31)14-6-5-7-15(26)12-14/h3-13H,2H2,1H3. The van der Waals surface area contributed by atoms with Gasteiger partial charge in [-0.3, -0.25) is 4.79 Å². The Balaban J connectivity index is 1.76. The summed E-state index contributed by atoms with van der Waals surface area (Å²) < 4.78 is 62.5. The second-order valence-electron chi connectivity index (χ2n) is 7.13. The van der Waals surface area contributed by atoms with E-state index in [1.165, 1.54) is 42.5 Å². The molecule has 0 amide bonds. The van der Waals surface area contributed by atoms with Gasteiger partial charge in [-0.2, -0.15) is 13.2 Å². The molecule has 0 aliphatic carbocycles. The van der Waals surface area contributed by atoms with Gasteiger partial charge in [-0.05, 0) is 49.4 Å². The van der Waals surface area contributed by atoms with Crippen molar-refractivity contribution in [2.75, 3.05) is 6.61 Å². The van der Waals surface area contributed by atoms with Crippen molar-refractivity contribution in [1.29, 1.82) is 0 Å². The number of benzene rings is 3. The maximum atomic E-state index is 13.8. The normalized spacial score (nSPS) is 11.3. The lowest BCUT2D eigenvalue weighted by Gasteiger charge is -2.15. The van der Waals surface area contributed by atoms with E-state index in [-0.39, 0.29) is 34.8 Å². The van der Waals surface area contributed by atoms with Gasteiger partial charge in [0, 0.05) is 11.1 Å². The van der Waals surface area contributed by atoms with Crippen LogP contribution in [0.2, 0.25) is 5.02 Å². The van der Waals surface area contributed by atoms with E-state index >= 15 is 0 Å². The summed E-state index contributed by atoms with van der Waals surface area (Å²) in [5, 5.41) is 0.0988. The molecule has 4 aromatic rings. The van der Waals surface area contributed by atoms with Crippen molar-refractivity contribution in [1.82, 2.24) is 0 Å². The monoisotopic (exact) mass is 504 g/mol. The van der Waals surface area contributed by atoms with Gasteiger partial charge in [-0.25, -0.2) is 4.79 Å². The van der Waals surface area contributed by atoms with Gasteiger partial charge in [-0.1, -0.05) is 29.8 Å². The molecule has 180 valence electrons. The first-order valence-electron chi connectivity index (χ1n) is 10.2. The lowest BCUT2D eigenvalue weighted by Crippen LogP contribution is -2.16. The number of ether oxygens (including phenoxy) is 3. The van der Waals surface area contributed by atoms with Crippen LogP contribution in [0.15, 0.2) is 75.9 Å². The minimum Gasteiger partial charge on any atom is -0.490 e. The molecule has 1 heterocycles. The number of hydrogen-bond donors (Lipinski definition) is 0. The first-order valence-corrected chi connectivity index (χ1v) is 10.6. The highest BCUT2D eigenvalue weighted by atomic mass is 35.5. The molecule has 4 rings (SSSR count). The molecule has 0 atom stereocenters. The number of rotatable bonds is 6. The van der Waals surface area contributed by atoms with E-state index in [1.807, 2.05) is 0 Å². The first kappa shape index (κ1) is 24.2. The molecule has 0 bridgehead atoms. The second-order valence-corrected chi connectivity index (χ2v) is 7.56. The van der Waals surface area contributed by atoms with Gasteiger partial charge >= 0.3 is 12.1 Å². The third-order valence-electron chi connectivity index (χ3n) is 4.71. The Labute approximate surface area is 201 Å². The van der Waals surface area contributed by atoms with Gasteiger partial charge in [0.15, 0.2) is 11.5 Å². The molecule has 0 spiro atoms. The fourth-order valence-corrected chi connectivity index (χ4v) is 3.39. The molecule has 0 unspecified atom stereocenters. The van der Waals surface area contributed by atoms with E-state index in [2.05, 4.69) is 0 Å². The van der Waals surface area contributed by atoms with Gasteiger partial charge < -0.3 is 18.6 Å². The number of fused-ring (bicyclic) bond motifs is 1. The molecular weight excluding hydrogens is 489 g/mol. The molecular formula is C25H16ClF3O6. The van der Waals surface area contributed by atoms with Crippen LogP contribution in [0.1, 0.15) is 23.0 Å². The molecule has 0 fully saturated rings. The molecule has 0 aliphatic heterocycles. The SMILES string of the molecule is CCOc1ccccc1Oc1c(C(F)(F)F)oc2cc(OC(=O)c3cccc(Cl)c3)ccc2c1=O. The molecule has 1 aromatic heterocycles. The van der Waals surface area contributed by atoms with E-state index in [1.54, 1.807) is 25.1 Å². The number of para-hydroxylation sites is 2. The third kappa shape index (κ3) is 5.25. The smallest absolute Gasteiger partial charge is 0.453 e. The Kier molecular flexibility index (Phi) is 6.70. The van der Waals surface area contributed by atoms with Crippen LogP contribution in [-0.2, 0) is 6.18 Å². The van der Waals surface area contributed by atoms with Crippen LogP contribution in [-0.4, -0.2) is 12.6 Å². The molecule has 0 aliphatic rings. The maximum Gasteiger partial charge on any atom is 0.453 e. The highest BCUT2D eigenvalue weighted by molar-refractivity contribution is 6.30. The molecule has 35 heavy (non-hydrogen) atoms. The lowest BCUT2D eigenvalue weighted by molar-refractivity contribution is -0.154. The van der Waals surface area contributed by atoms with Crippen LogP contribution >= 0.6 is 11.6 Å². The van der Waals surface area contributed by atoms with Crippen molar-refractivity contribution in [2.45, 2.75) is 13.1 Å². The first-order chi connectivity index (χ1) is 16.7. The molecule has 0 saturated heterocycles. The van der Waals surface area contributed by atoms with Crippen LogP contribution in [0.5, 0.6) is 23.0 Å². The number of halogens is 4. The van der Waals surface area contributed by atoms with E-state index in [9.17, 15) is 22.8 Å². The molecule has 6 nitrogen and oxygen atoms in total. The van der Waals surface area contributed by atoms with Gasteiger partial charge in [0.05, 0.1) is 17.6 Å². The average Bonchev–Trinajstić information content (AvgIpc) is 2.81. The summed E-state index contributed by atoms with van der Waals surface area (Å²) >= 11 is 5.86. The van der Waals surface area contributed by atoms with Crippen molar-refractivity contribution >= 4 is 28.5 Å². The van der Waals surface area contributed by atoms with E-state index < -0.39 is 34.7 Å². The van der Waals surface area contributed by atoms with Crippen LogP contribution in [0.3, 0.4) is 0 Å². The zero-order chi connectivity index (χ0) is 25.2. The van der Waals surface area contributed by atoms with Crippen LogP contribution in [0.4, 0.5) is 13.2 Å². The maximum absolute atomic E-state index is 13.8. The predicted molar refractivity (Wildman–Crippen MR) is 122 cm³/mol. The third-order valence-corrected chi connectivity index (χ3v) is 4.95. The zero-order valence-electron chi connectivity index (χ0n) is 18.0. The number of alkyl halides is 3. The number of esters is 1. The van der Waals surface area contributed by atoms with Crippen molar-refractivity contribution in [2.24, 2.45) is 0 Å². The fourth-order valence-electron chi connectivity index (χ4n) is 3.20. The fraction of sp³-hybridized carbons (Fsp3) is 0.120. The van der Waals surface area contributed by atoms with E-state index in [4.69, 9.17) is 30.2 Å². The topological polar surface area (TPSA) is 75.0 Å². The van der Waals surface area contributed by atoms with Gasteiger partial charge in [0.1, 0.15) is 11.3 Å². The van der Waals surface area contributed by atoms with Crippen LogP contribution < -0.4 is 19.6 Å². The minimum atomic E-state index is -5.06. The Morgan fingerprint density at radius 2 is 1.74 bits per heavy atom. The zero-order valence-corrected chi connectivity index (χ0v) is 18.8. The summed E-state index contributed by atoms with van der Waals surface area (Å²) in [6.07, 6.45) is -5.06. The number of carbonyl (C=O) groups excluding carboxylic acids is 1. The predicted octanol–water partition coefficient (Wildman–Crippen LogP) is 6.88. The summed E-state index contributed by atoms with van der Waals surface area (Å²) in [7, 11) is 0.